The number of carbonyl (C=O) groups is 1. The summed E-state index contributed by atoms with van der Waals surface area (Å²) in [5.74, 6) is 0.0180. The molecular weight excluding hydrogens is 242 g/mol. The van der Waals surface area contributed by atoms with Crippen LogP contribution in [0.5, 0.6) is 0 Å². The Morgan fingerprint density at radius 1 is 1.35 bits per heavy atom. The average Bonchev–Trinajstić information content (AvgIpc) is 2.94. The van der Waals surface area contributed by atoms with Gasteiger partial charge in [-0.2, -0.15) is 0 Å². The van der Waals surface area contributed by atoms with Gasteiger partial charge in [0.1, 0.15) is 5.60 Å². The summed E-state index contributed by atoms with van der Waals surface area (Å²) in [4.78, 5) is 10.4. The number of carbonyl (C=O) groups excluding carboxylic acids is 1. The van der Waals surface area contributed by atoms with E-state index in [-0.39, 0.29) is 5.75 Å². The van der Waals surface area contributed by atoms with Gasteiger partial charge in [0, 0.05) is 0 Å². The van der Waals surface area contributed by atoms with E-state index in [4.69, 9.17) is 4.74 Å². The first-order chi connectivity index (χ1) is 8.05. The predicted octanol–water partition coefficient (Wildman–Crippen LogP) is 1.10. The number of sulfonamides is 1. The molecule has 1 aromatic rings. The van der Waals surface area contributed by atoms with Crippen LogP contribution in [0, 0.1) is 0 Å². The number of nitrogens with one attached hydrogen (secondary N) is 1. The number of hydrogen-bond acceptors (Lipinski definition) is 4. The normalized spacial score (nSPS) is 22.4. The van der Waals surface area contributed by atoms with Crippen LogP contribution >= 0.6 is 0 Å². The quantitative estimate of drug-likeness (QED) is 0.819. The molecule has 0 saturated heterocycles. The highest BCUT2D eigenvalue weighted by Crippen LogP contribution is 2.49. The molecule has 17 heavy (non-hydrogen) atoms. The molecule has 2 aliphatic rings. The summed E-state index contributed by atoms with van der Waals surface area (Å²) < 4.78 is 30.3. The average molecular weight is 253 g/mol. The molecule has 0 unspecified atom stereocenters. The molecule has 0 aromatic heterocycles. The van der Waals surface area contributed by atoms with E-state index < -0.39 is 15.6 Å². The Balaban J connectivity index is 1.99. The molecule has 1 saturated carbocycles. The number of benzene rings is 1. The Kier molecular flexibility index (Phi) is 2.01. The van der Waals surface area contributed by atoms with Gasteiger partial charge in [-0.1, -0.05) is 12.1 Å². The van der Waals surface area contributed by atoms with Crippen LogP contribution in [-0.2, 0) is 30.9 Å². The van der Waals surface area contributed by atoms with E-state index in [0.717, 1.165) is 24.0 Å². The zero-order valence-electron chi connectivity index (χ0n) is 8.97. The third-order valence-corrected chi connectivity index (χ3v) is 4.45. The van der Waals surface area contributed by atoms with Crippen molar-refractivity contribution in [3.05, 3.63) is 29.3 Å². The van der Waals surface area contributed by atoms with Gasteiger partial charge in [0.2, 0.25) is 10.0 Å². The van der Waals surface area contributed by atoms with Crippen LogP contribution in [0.2, 0.25) is 0 Å². The SMILES string of the molecule is O=COC1(c2ccc3c(c2)NS(=O)(=O)C3)CC1. The summed E-state index contributed by atoms with van der Waals surface area (Å²) in [6, 6.07) is 5.37. The summed E-state index contributed by atoms with van der Waals surface area (Å²) >= 11 is 0. The van der Waals surface area contributed by atoms with E-state index >= 15 is 0 Å². The molecule has 5 nitrogen and oxygen atoms in total. The Morgan fingerprint density at radius 2 is 2.12 bits per heavy atom. The first-order valence-corrected chi connectivity index (χ1v) is 6.95. The molecule has 1 aliphatic carbocycles. The Morgan fingerprint density at radius 3 is 2.76 bits per heavy atom. The highest BCUT2D eigenvalue weighted by atomic mass is 32.2. The highest BCUT2D eigenvalue weighted by molar-refractivity contribution is 7.92. The van der Waals surface area contributed by atoms with Crippen molar-refractivity contribution in [2.75, 3.05) is 4.72 Å². The van der Waals surface area contributed by atoms with Crippen molar-refractivity contribution < 1.29 is 17.9 Å². The van der Waals surface area contributed by atoms with Crippen LogP contribution in [-0.4, -0.2) is 14.9 Å². The van der Waals surface area contributed by atoms with Crippen molar-refractivity contribution in [2.24, 2.45) is 0 Å². The van der Waals surface area contributed by atoms with Gasteiger partial charge in [-0.05, 0) is 30.0 Å². The van der Waals surface area contributed by atoms with Gasteiger partial charge in [0.25, 0.3) is 6.47 Å². The largest absolute Gasteiger partial charge is 0.456 e. The lowest BCUT2D eigenvalue weighted by molar-refractivity contribution is -0.136. The van der Waals surface area contributed by atoms with E-state index in [2.05, 4.69) is 4.72 Å². The molecule has 0 spiro atoms. The molecule has 0 amide bonds. The van der Waals surface area contributed by atoms with Gasteiger partial charge in [-0.15, -0.1) is 0 Å². The molecular formula is C11H11NO4S. The van der Waals surface area contributed by atoms with Gasteiger partial charge in [0.15, 0.2) is 0 Å². The second-order valence-electron chi connectivity index (χ2n) is 4.44. The fourth-order valence-electron chi connectivity index (χ4n) is 2.17. The maximum Gasteiger partial charge on any atom is 0.293 e. The summed E-state index contributed by atoms with van der Waals surface area (Å²) in [6.45, 7) is 0.449. The standard InChI is InChI=1S/C11H11NO4S/c13-7-16-11(3-4-11)9-2-1-8-6-17(14,15)12-10(8)5-9/h1-2,5,7,12H,3-4,6H2. The number of fused-ring (bicyclic) bond motifs is 1. The zero-order valence-corrected chi connectivity index (χ0v) is 9.79. The highest BCUT2D eigenvalue weighted by Gasteiger charge is 2.47. The molecule has 3 rings (SSSR count). The first-order valence-electron chi connectivity index (χ1n) is 5.30. The minimum Gasteiger partial charge on any atom is -0.456 e. The first kappa shape index (κ1) is 10.6. The molecule has 1 aliphatic heterocycles. The van der Waals surface area contributed by atoms with Gasteiger partial charge >= 0.3 is 0 Å². The zero-order chi connectivity index (χ0) is 12.1. The van der Waals surface area contributed by atoms with Gasteiger partial charge in [0.05, 0.1) is 11.4 Å². The third kappa shape index (κ3) is 1.68. The van der Waals surface area contributed by atoms with Crippen LogP contribution in [0.4, 0.5) is 5.69 Å². The van der Waals surface area contributed by atoms with E-state index in [1.165, 1.54) is 0 Å². The van der Waals surface area contributed by atoms with E-state index in [1.807, 2.05) is 6.07 Å². The monoisotopic (exact) mass is 253 g/mol. The van der Waals surface area contributed by atoms with Crippen molar-refractivity contribution in [2.45, 2.75) is 24.2 Å². The Bertz CT molecular complexity index is 589. The maximum absolute atomic E-state index is 11.4. The minimum atomic E-state index is -3.22. The molecule has 0 radical (unpaired) electrons. The van der Waals surface area contributed by atoms with Gasteiger partial charge in [-0.25, -0.2) is 8.42 Å². The lowest BCUT2D eigenvalue weighted by atomic mass is 10.0. The predicted molar refractivity (Wildman–Crippen MR) is 60.7 cm³/mol. The summed E-state index contributed by atoms with van der Waals surface area (Å²) in [6.07, 6.45) is 1.58. The molecule has 1 N–H and O–H groups in total. The third-order valence-electron chi connectivity index (χ3n) is 3.22. The summed E-state index contributed by atoms with van der Waals surface area (Å²) in [5, 5.41) is 0. The summed E-state index contributed by atoms with van der Waals surface area (Å²) in [5.41, 5.74) is 1.69. The maximum atomic E-state index is 11.4. The van der Waals surface area contributed by atoms with Crippen molar-refractivity contribution in [3.63, 3.8) is 0 Å². The van der Waals surface area contributed by atoms with Crippen molar-refractivity contribution in [1.29, 1.82) is 0 Å². The lowest BCUT2D eigenvalue weighted by Gasteiger charge is -2.14. The number of rotatable bonds is 3. The van der Waals surface area contributed by atoms with Crippen LogP contribution in [0.15, 0.2) is 18.2 Å². The molecule has 6 heteroatoms. The van der Waals surface area contributed by atoms with Crippen LogP contribution < -0.4 is 4.72 Å². The van der Waals surface area contributed by atoms with Crippen LogP contribution in [0.25, 0.3) is 0 Å². The minimum absolute atomic E-state index is 0.0180. The fourth-order valence-corrected chi connectivity index (χ4v) is 3.43. The number of anilines is 1. The topological polar surface area (TPSA) is 72.5 Å². The van der Waals surface area contributed by atoms with Crippen molar-refractivity contribution in [1.82, 2.24) is 0 Å². The molecule has 90 valence electrons. The second kappa shape index (κ2) is 3.22. The lowest BCUT2D eigenvalue weighted by Crippen LogP contribution is -2.11. The van der Waals surface area contributed by atoms with Crippen molar-refractivity contribution >= 4 is 22.2 Å². The molecule has 1 heterocycles. The van der Waals surface area contributed by atoms with E-state index in [1.54, 1.807) is 12.1 Å². The molecule has 1 aromatic carbocycles. The Hall–Kier alpha value is -1.56. The molecule has 0 atom stereocenters. The van der Waals surface area contributed by atoms with Crippen molar-refractivity contribution in [3.8, 4) is 0 Å². The van der Waals surface area contributed by atoms with E-state index in [9.17, 15) is 13.2 Å². The summed E-state index contributed by atoms with van der Waals surface area (Å²) in [7, 11) is -3.22. The van der Waals surface area contributed by atoms with Crippen LogP contribution in [0.1, 0.15) is 24.0 Å². The number of ether oxygens (including phenoxy) is 1. The molecule has 1 fully saturated rings. The Labute approximate surface area is 98.8 Å². The van der Waals surface area contributed by atoms with E-state index in [0.29, 0.717) is 12.2 Å². The van der Waals surface area contributed by atoms with Gasteiger partial charge in [-0.3, -0.25) is 9.52 Å². The fraction of sp³-hybridized carbons (Fsp3) is 0.364. The van der Waals surface area contributed by atoms with Gasteiger partial charge < -0.3 is 4.74 Å². The van der Waals surface area contributed by atoms with Crippen LogP contribution in [0.3, 0.4) is 0 Å². The smallest absolute Gasteiger partial charge is 0.293 e. The number of hydrogen-bond donors (Lipinski definition) is 1. The second-order valence-corrected chi connectivity index (χ2v) is 6.16. The molecule has 0 bridgehead atoms.